The standard InChI is InChI=1S/CO.Cr.Fe.Ni/c1-2;;;. The summed E-state index contributed by atoms with van der Waals surface area (Å²) in [6.07, 6.45) is 0. The summed E-state index contributed by atoms with van der Waals surface area (Å²) in [4.78, 5) is 9.82. The number of carbonyl (C=O) groups excluding carboxylic acids is 1. The maximum Gasteiger partial charge on any atom is 0 e. The van der Waals surface area contributed by atoms with E-state index >= 15 is 0 Å². The number of rotatable bonds is 0. The molecule has 0 rings (SSSR count). The van der Waals surface area contributed by atoms with Gasteiger partial charge in [0.15, 0.2) is 0 Å². The summed E-state index contributed by atoms with van der Waals surface area (Å²) in [7, 11) is 0. The number of hydrogen-bond donors (Lipinski definition) is 0. The summed E-state index contributed by atoms with van der Waals surface area (Å²) in [5.41, 5.74) is 0. The van der Waals surface area contributed by atoms with Gasteiger partial charge < -0.3 is 0 Å². The molecule has 0 saturated heterocycles. The van der Waals surface area contributed by atoms with Gasteiger partial charge in [0, 0.05) is 33.9 Å². The van der Waals surface area contributed by atoms with Crippen LogP contribution in [0.25, 0.3) is 0 Å². The monoisotopic (exact) mass is 194 g/mol. The van der Waals surface area contributed by atoms with Gasteiger partial charge in [0.05, 0.1) is 0 Å². The predicted molar refractivity (Wildman–Crippen MR) is 5.69 cm³/mol. The van der Waals surface area contributed by atoms with Crippen LogP contribution in [0.5, 0.6) is 0 Å². The molecule has 0 bridgehead atoms. The van der Waals surface area contributed by atoms with Crippen molar-refractivity contribution in [3.05, 3.63) is 0 Å². The SMILES string of the molecule is O=[C]=[Fe].[Cr].[Ni]. The van der Waals surface area contributed by atoms with E-state index in [1.54, 1.807) is 0 Å². The molecule has 0 aromatic rings. The Balaban J connectivity index is -0.0000000200. The van der Waals surface area contributed by atoms with Crippen LogP contribution in [-0.2, 0) is 54.2 Å². The minimum atomic E-state index is 0. The van der Waals surface area contributed by atoms with Crippen LogP contribution in [-0.4, -0.2) is 4.79 Å². The first kappa shape index (κ1) is 16.5. The van der Waals surface area contributed by atoms with Crippen molar-refractivity contribution in [3.63, 3.8) is 0 Å². The van der Waals surface area contributed by atoms with Gasteiger partial charge in [-0.1, -0.05) is 0 Å². The minimum Gasteiger partial charge on any atom is 0 e. The molecule has 0 aliphatic heterocycles. The molecule has 0 radical (unpaired) electrons. The summed E-state index contributed by atoms with van der Waals surface area (Å²) < 4.78 is 0. The predicted octanol–water partition coefficient (Wildman–Crippen LogP) is -0.405. The van der Waals surface area contributed by atoms with Crippen LogP contribution in [0.15, 0.2) is 0 Å². The fraction of sp³-hybridized carbons (Fsp3) is 0. The Morgan fingerprint density at radius 2 is 1.60 bits per heavy atom. The first-order valence-corrected chi connectivity index (χ1v) is 0.933. The molecule has 0 aromatic heterocycles. The molecule has 0 saturated carbocycles. The molecule has 0 spiro atoms. The first-order valence-electron chi connectivity index (χ1n) is 0.381. The minimum absolute atomic E-state index is 0. The van der Waals surface area contributed by atoms with E-state index < -0.39 is 0 Å². The molecule has 5 heavy (non-hydrogen) atoms. The van der Waals surface area contributed by atoms with Gasteiger partial charge in [-0.25, -0.2) is 0 Å². The van der Waals surface area contributed by atoms with Crippen molar-refractivity contribution in [2.24, 2.45) is 0 Å². The van der Waals surface area contributed by atoms with E-state index in [1.807, 2.05) is 0 Å². The topological polar surface area (TPSA) is 17.1 Å². The van der Waals surface area contributed by atoms with E-state index in [0.717, 1.165) is 0 Å². The summed E-state index contributed by atoms with van der Waals surface area (Å²) in [6.45, 7) is 0. The van der Waals surface area contributed by atoms with Crippen molar-refractivity contribution < 1.29 is 54.2 Å². The first-order chi connectivity index (χ1) is 1.41. The second-order valence-electron chi connectivity index (χ2n) is 0.0722. The van der Waals surface area contributed by atoms with Crippen LogP contribution in [0.2, 0.25) is 0 Å². The zero-order chi connectivity index (χ0) is 2.71. The van der Waals surface area contributed by atoms with Crippen molar-refractivity contribution in [2.75, 3.05) is 0 Å². The van der Waals surface area contributed by atoms with Gasteiger partial charge in [-0.3, -0.25) is 0 Å². The smallest absolute Gasteiger partial charge is 0 e. The third-order valence-corrected chi connectivity index (χ3v) is 0. The molecule has 0 aliphatic carbocycles. The van der Waals surface area contributed by atoms with Crippen LogP contribution >= 0.6 is 0 Å². The Morgan fingerprint density at radius 1 is 1.60 bits per heavy atom. The Labute approximate surface area is 58.9 Å². The molecule has 0 aliphatic rings. The van der Waals surface area contributed by atoms with E-state index in [-0.39, 0.29) is 33.9 Å². The molecule has 1 nitrogen and oxygen atoms in total. The summed E-state index contributed by atoms with van der Waals surface area (Å²) >= 11 is 2.68. The van der Waals surface area contributed by atoms with Gasteiger partial charge >= 0.3 is 25.2 Å². The van der Waals surface area contributed by atoms with Crippen molar-refractivity contribution in [1.82, 2.24) is 0 Å². The van der Waals surface area contributed by atoms with Crippen LogP contribution < -0.4 is 0 Å². The molecule has 34 valence electrons. The third kappa shape index (κ3) is 39.5. The van der Waals surface area contributed by atoms with Gasteiger partial charge in [-0.05, 0) is 0 Å². The van der Waals surface area contributed by atoms with Crippen molar-refractivity contribution in [1.29, 1.82) is 0 Å². The van der Waals surface area contributed by atoms with Gasteiger partial charge in [0.1, 0.15) is 0 Å². The Bertz CT molecular complexity index is 32.6. The van der Waals surface area contributed by atoms with E-state index in [9.17, 15) is 0 Å². The second kappa shape index (κ2) is 19.3. The molecular formula is CCrFeNiO. The summed E-state index contributed by atoms with van der Waals surface area (Å²) in [6, 6.07) is 0. The largest absolute Gasteiger partial charge is 0 e. The second-order valence-corrected chi connectivity index (χ2v) is 0.298. The van der Waals surface area contributed by atoms with Gasteiger partial charge in [0.25, 0.3) is 0 Å². The molecule has 0 heterocycles. The van der Waals surface area contributed by atoms with Gasteiger partial charge in [-0.15, -0.1) is 0 Å². The fourth-order valence-electron chi connectivity index (χ4n) is 0. The molecule has 0 amide bonds. The summed E-state index contributed by atoms with van der Waals surface area (Å²) in [5, 5.41) is 0. The van der Waals surface area contributed by atoms with Crippen LogP contribution in [0.1, 0.15) is 0 Å². The van der Waals surface area contributed by atoms with Crippen molar-refractivity contribution >= 4 is 4.79 Å². The molecular weight excluding hydrogens is 195 g/mol. The van der Waals surface area contributed by atoms with Crippen molar-refractivity contribution in [2.45, 2.75) is 0 Å². The van der Waals surface area contributed by atoms with Crippen LogP contribution in [0, 0.1) is 0 Å². The molecule has 0 atom stereocenters. The summed E-state index contributed by atoms with van der Waals surface area (Å²) in [5.74, 6) is 0. The van der Waals surface area contributed by atoms with Gasteiger partial charge in [0.2, 0.25) is 0 Å². The number of hydrogen-bond acceptors (Lipinski definition) is 1. The fourth-order valence-corrected chi connectivity index (χ4v) is 0. The average Bonchev–Trinajstić information content (AvgIpc) is 0.918. The van der Waals surface area contributed by atoms with Crippen molar-refractivity contribution in [3.8, 4) is 0 Å². The maximum atomic E-state index is 8.57. The normalized spacial score (nSPS) is 1.80. The quantitative estimate of drug-likeness (QED) is 0.480. The molecule has 0 N–H and O–H groups in total. The Morgan fingerprint density at radius 3 is 1.60 bits per heavy atom. The van der Waals surface area contributed by atoms with E-state index in [2.05, 4.69) is 15.6 Å². The zero-order valence-corrected chi connectivity index (χ0v) is 5.35. The van der Waals surface area contributed by atoms with Crippen LogP contribution in [0.3, 0.4) is 0 Å². The molecule has 0 aromatic carbocycles. The van der Waals surface area contributed by atoms with Crippen LogP contribution in [0.4, 0.5) is 0 Å². The average molecular weight is 195 g/mol. The Hall–Kier alpha value is 1.13. The van der Waals surface area contributed by atoms with E-state index in [0.29, 0.717) is 0 Å². The van der Waals surface area contributed by atoms with Gasteiger partial charge in [-0.2, -0.15) is 0 Å². The Kier molecular flexibility index (Phi) is 63.6. The van der Waals surface area contributed by atoms with E-state index in [4.69, 9.17) is 4.79 Å². The molecule has 4 heteroatoms. The molecule has 0 unspecified atom stereocenters. The maximum absolute atomic E-state index is 8.57. The molecule has 0 fully saturated rings. The third-order valence-electron chi connectivity index (χ3n) is 0. The van der Waals surface area contributed by atoms with E-state index in [1.165, 1.54) is 4.79 Å². The zero-order valence-electron chi connectivity index (χ0n) is 1.99.